The molecule has 1 aliphatic rings. The van der Waals surface area contributed by atoms with Gasteiger partial charge in [-0.05, 0) is 31.6 Å². The van der Waals surface area contributed by atoms with E-state index in [0.29, 0.717) is 11.2 Å². The number of aromatic nitrogens is 2. The fourth-order valence-corrected chi connectivity index (χ4v) is 2.43. The third-order valence-corrected chi connectivity index (χ3v) is 3.94. The van der Waals surface area contributed by atoms with Gasteiger partial charge in [0.05, 0.1) is 12.7 Å². The van der Waals surface area contributed by atoms with E-state index in [2.05, 4.69) is 17.2 Å². The monoisotopic (exact) mass is 241 g/mol. The maximum Gasteiger partial charge on any atom is 0.128 e. The number of hydrogen-bond acceptors (Lipinski definition) is 2. The van der Waals surface area contributed by atoms with E-state index in [1.807, 2.05) is 11.6 Å². The molecule has 1 aliphatic carbocycles. The van der Waals surface area contributed by atoms with Crippen LogP contribution < -0.4 is 5.32 Å². The van der Waals surface area contributed by atoms with Crippen LogP contribution in [0.5, 0.6) is 0 Å². The zero-order chi connectivity index (χ0) is 11.5. The van der Waals surface area contributed by atoms with Crippen molar-refractivity contribution in [1.82, 2.24) is 14.9 Å². The second kappa shape index (κ2) is 5.19. The minimum Gasteiger partial charge on any atom is -0.321 e. The lowest BCUT2D eigenvalue weighted by molar-refractivity contribution is 0.304. The van der Waals surface area contributed by atoms with Gasteiger partial charge in [0.25, 0.3) is 0 Å². The Morgan fingerprint density at radius 2 is 2.12 bits per heavy atom. The molecule has 1 N–H and O–H groups in total. The lowest BCUT2D eigenvalue weighted by atomic mass is 9.87. The maximum atomic E-state index is 5.94. The molecule has 3 nitrogen and oxygen atoms in total. The number of nitrogens with one attached hydrogen (secondary N) is 1. The Morgan fingerprint density at radius 3 is 2.69 bits per heavy atom. The largest absolute Gasteiger partial charge is 0.321 e. The predicted octanol–water partition coefficient (Wildman–Crippen LogP) is 2.74. The normalized spacial score (nSPS) is 25.9. The van der Waals surface area contributed by atoms with Gasteiger partial charge in [0.2, 0.25) is 0 Å². The molecule has 0 spiro atoms. The molecule has 0 aliphatic heterocycles. The van der Waals surface area contributed by atoms with E-state index >= 15 is 0 Å². The summed E-state index contributed by atoms with van der Waals surface area (Å²) in [5.41, 5.74) is 0. The van der Waals surface area contributed by atoms with Crippen LogP contribution in [0.2, 0.25) is 5.15 Å². The van der Waals surface area contributed by atoms with Crippen LogP contribution in [0.4, 0.5) is 0 Å². The predicted molar refractivity (Wildman–Crippen MR) is 66.5 cm³/mol. The van der Waals surface area contributed by atoms with Gasteiger partial charge in [-0.2, -0.15) is 0 Å². The van der Waals surface area contributed by atoms with Crippen molar-refractivity contribution in [2.24, 2.45) is 13.0 Å². The van der Waals surface area contributed by atoms with Gasteiger partial charge >= 0.3 is 0 Å². The Labute approximate surface area is 102 Å². The average molecular weight is 242 g/mol. The van der Waals surface area contributed by atoms with Crippen molar-refractivity contribution < 1.29 is 0 Å². The van der Waals surface area contributed by atoms with Gasteiger partial charge < -0.3 is 9.88 Å². The number of rotatable bonds is 3. The van der Waals surface area contributed by atoms with Gasteiger partial charge in [0, 0.05) is 13.1 Å². The molecule has 0 unspecified atom stereocenters. The molecule has 1 fully saturated rings. The number of nitrogens with zero attached hydrogens (tertiary/aromatic N) is 2. The highest BCUT2D eigenvalue weighted by molar-refractivity contribution is 6.29. The van der Waals surface area contributed by atoms with Gasteiger partial charge in [-0.15, -0.1) is 0 Å². The van der Waals surface area contributed by atoms with Crippen LogP contribution in [-0.4, -0.2) is 15.6 Å². The summed E-state index contributed by atoms with van der Waals surface area (Å²) in [7, 11) is 1.95. The highest BCUT2D eigenvalue weighted by atomic mass is 35.5. The van der Waals surface area contributed by atoms with E-state index in [-0.39, 0.29) is 0 Å². The van der Waals surface area contributed by atoms with E-state index in [4.69, 9.17) is 11.6 Å². The summed E-state index contributed by atoms with van der Waals surface area (Å²) in [6.45, 7) is 3.16. The number of halogens is 1. The van der Waals surface area contributed by atoms with Gasteiger partial charge in [-0.25, -0.2) is 4.98 Å². The zero-order valence-electron chi connectivity index (χ0n) is 10.0. The molecule has 1 aromatic heterocycles. The topological polar surface area (TPSA) is 29.9 Å². The molecule has 1 aromatic rings. The molecule has 4 heteroatoms. The van der Waals surface area contributed by atoms with Crippen LogP contribution in [-0.2, 0) is 13.6 Å². The van der Waals surface area contributed by atoms with Crippen LogP contribution in [0.25, 0.3) is 0 Å². The summed E-state index contributed by atoms with van der Waals surface area (Å²) in [5.74, 6) is 1.92. The summed E-state index contributed by atoms with van der Waals surface area (Å²) in [6.07, 6.45) is 6.98. The van der Waals surface area contributed by atoms with Crippen molar-refractivity contribution in [3.63, 3.8) is 0 Å². The summed E-state index contributed by atoms with van der Waals surface area (Å²) < 4.78 is 1.93. The molecule has 0 atom stereocenters. The van der Waals surface area contributed by atoms with Crippen molar-refractivity contribution in [2.75, 3.05) is 0 Å². The van der Waals surface area contributed by atoms with Gasteiger partial charge in [0.15, 0.2) is 0 Å². The lowest BCUT2D eigenvalue weighted by Gasteiger charge is -2.26. The zero-order valence-corrected chi connectivity index (χ0v) is 10.8. The van der Waals surface area contributed by atoms with Crippen molar-refractivity contribution in [2.45, 2.75) is 45.2 Å². The van der Waals surface area contributed by atoms with Gasteiger partial charge in [-0.1, -0.05) is 18.5 Å². The van der Waals surface area contributed by atoms with E-state index < -0.39 is 0 Å². The first-order valence-electron chi connectivity index (χ1n) is 6.06. The Morgan fingerprint density at radius 1 is 1.44 bits per heavy atom. The third-order valence-electron chi connectivity index (χ3n) is 3.59. The van der Waals surface area contributed by atoms with Crippen molar-refractivity contribution in [3.05, 3.63) is 17.2 Å². The third kappa shape index (κ3) is 2.77. The lowest BCUT2D eigenvalue weighted by Crippen LogP contribution is -2.33. The Bertz CT molecular complexity index is 340. The fourth-order valence-electron chi connectivity index (χ4n) is 2.29. The van der Waals surface area contributed by atoms with Crippen molar-refractivity contribution in [3.8, 4) is 0 Å². The second-order valence-electron chi connectivity index (χ2n) is 4.89. The molecule has 0 amide bonds. The van der Waals surface area contributed by atoms with Crippen molar-refractivity contribution in [1.29, 1.82) is 0 Å². The SMILES string of the molecule is CC1CCC(NCc2ncc(Cl)n2C)CC1. The average Bonchev–Trinajstić information content (AvgIpc) is 2.60. The standard InChI is InChI=1S/C12H20ClN3/c1-9-3-5-10(6-4-9)14-8-12-15-7-11(13)16(12)2/h7,9-10,14H,3-6,8H2,1-2H3. The van der Waals surface area contributed by atoms with Crippen LogP contribution >= 0.6 is 11.6 Å². The van der Waals surface area contributed by atoms with E-state index in [9.17, 15) is 0 Å². The first kappa shape index (κ1) is 11.9. The Balaban J connectivity index is 1.81. The quantitative estimate of drug-likeness (QED) is 0.882. The molecule has 0 radical (unpaired) electrons. The Hall–Kier alpha value is -0.540. The molecule has 0 saturated heterocycles. The molecule has 90 valence electrons. The first-order valence-corrected chi connectivity index (χ1v) is 6.44. The van der Waals surface area contributed by atoms with Crippen LogP contribution in [0.1, 0.15) is 38.4 Å². The molecule has 1 saturated carbocycles. The maximum absolute atomic E-state index is 5.94. The summed E-state index contributed by atoms with van der Waals surface area (Å²) >= 11 is 5.94. The van der Waals surface area contributed by atoms with E-state index in [0.717, 1.165) is 18.3 Å². The smallest absolute Gasteiger partial charge is 0.128 e. The molecule has 0 aromatic carbocycles. The summed E-state index contributed by atoms with van der Waals surface area (Å²) in [5, 5.41) is 4.27. The molecule has 0 bridgehead atoms. The van der Waals surface area contributed by atoms with E-state index in [1.165, 1.54) is 25.7 Å². The minimum atomic E-state index is 0.659. The van der Waals surface area contributed by atoms with Crippen LogP contribution in [0.15, 0.2) is 6.20 Å². The fraction of sp³-hybridized carbons (Fsp3) is 0.750. The highest BCUT2D eigenvalue weighted by Crippen LogP contribution is 2.23. The molecule has 1 heterocycles. The second-order valence-corrected chi connectivity index (χ2v) is 5.28. The van der Waals surface area contributed by atoms with Gasteiger partial charge in [0.1, 0.15) is 11.0 Å². The molecule has 2 rings (SSSR count). The Kier molecular flexibility index (Phi) is 3.87. The minimum absolute atomic E-state index is 0.659. The van der Waals surface area contributed by atoms with Crippen LogP contribution in [0, 0.1) is 5.92 Å². The van der Waals surface area contributed by atoms with Crippen molar-refractivity contribution >= 4 is 11.6 Å². The highest BCUT2D eigenvalue weighted by Gasteiger charge is 2.18. The molecule has 16 heavy (non-hydrogen) atoms. The van der Waals surface area contributed by atoms with E-state index in [1.54, 1.807) is 6.20 Å². The molecular formula is C12H20ClN3. The summed E-state index contributed by atoms with van der Waals surface area (Å²) in [6, 6.07) is 0.659. The number of imidazole rings is 1. The van der Waals surface area contributed by atoms with Crippen LogP contribution in [0.3, 0.4) is 0 Å². The summed E-state index contributed by atoms with van der Waals surface area (Å²) in [4.78, 5) is 4.28. The number of hydrogen-bond donors (Lipinski definition) is 1. The van der Waals surface area contributed by atoms with Gasteiger partial charge in [-0.3, -0.25) is 0 Å². The first-order chi connectivity index (χ1) is 7.66. The molecular weight excluding hydrogens is 222 g/mol.